The van der Waals surface area contributed by atoms with Crippen LogP contribution in [0.4, 0.5) is 10.1 Å². The molecule has 3 aromatic carbocycles. The molecule has 0 bridgehead atoms. The molecule has 1 atom stereocenters. The molecule has 8 heteroatoms. The molecule has 1 fully saturated rings. The van der Waals surface area contributed by atoms with Gasteiger partial charge in [0.2, 0.25) is 0 Å². The third-order valence-corrected chi connectivity index (χ3v) is 6.00. The van der Waals surface area contributed by atoms with Gasteiger partial charge in [-0.15, -0.1) is 0 Å². The Labute approximate surface area is 199 Å². The van der Waals surface area contributed by atoms with Crippen LogP contribution in [0.25, 0.3) is 5.76 Å². The summed E-state index contributed by atoms with van der Waals surface area (Å²) in [5.41, 5.74) is 1.64. The lowest BCUT2D eigenvalue weighted by Gasteiger charge is -2.26. The van der Waals surface area contributed by atoms with E-state index < -0.39 is 29.3 Å². The van der Waals surface area contributed by atoms with E-state index in [0.29, 0.717) is 11.3 Å². The van der Waals surface area contributed by atoms with Gasteiger partial charge in [-0.2, -0.15) is 0 Å². The van der Waals surface area contributed by atoms with Crippen LogP contribution in [0.1, 0.15) is 22.7 Å². The average molecular weight is 486 g/mol. The predicted molar refractivity (Wildman–Crippen MR) is 125 cm³/mol. The van der Waals surface area contributed by atoms with E-state index in [-0.39, 0.29) is 26.9 Å². The molecule has 1 N–H and O–H groups in total. The van der Waals surface area contributed by atoms with Crippen LogP contribution < -0.4 is 9.64 Å². The zero-order chi connectivity index (χ0) is 23.9. The number of hydrogen-bond acceptors (Lipinski definition) is 4. The molecular formula is C25H18Cl2FNO4. The number of carbonyl (C=O) groups is 2. The summed E-state index contributed by atoms with van der Waals surface area (Å²) >= 11 is 12.4. The summed E-state index contributed by atoms with van der Waals surface area (Å²) in [7, 11) is 1.36. The number of ketones is 1. The Morgan fingerprint density at radius 1 is 1.06 bits per heavy atom. The van der Waals surface area contributed by atoms with Gasteiger partial charge in [-0.25, -0.2) is 4.39 Å². The Kier molecular flexibility index (Phi) is 6.15. The quantitative estimate of drug-likeness (QED) is 0.276. The number of anilines is 1. The third-order valence-electron chi connectivity index (χ3n) is 5.50. The number of Topliss-reactive ketones (excluding diaryl/α,β-unsaturated/α-hetero) is 1. The first kappa shape index (κ1) is 22.8. The van der Waals surface area contributed by atoms with E-state index in [2.05, 4.69) is 0 Å². The molecule has 4 rings (SSSR count). The fourth-order valence-corrected chi connectivity index (χ4v) is 4.55. The van der Waals surface area contributed by atoms with Gasteiger partial charge in [-0.3, -0.25) is 14.5 Å². The van der Waals surface area contributed by atoms with Gasteiger partial charge in [0.05, 0.1) is 29.3 Å². The predicted octanol–water partition coefficient (Wildman–Crippen LogP) is 6.08. The number of methoxy groups -OCH3 is 1. The topological polar surface area (TPSA) is 66.8 Å². The van der Waals surface area contributed by atoms with Crippen molar-refractivity contribution in [2.75, 3.05) is 12.0 Å². The number of aryl methyl sites for hydroxylation is 1. The van der Waals surface area contributed by atoms with E-state index in [1.165, 1.54) is 48.4 Å². The Hall–Kier alpha value is -3.35. The molecule has 33 heavy (non-hydrogen) atoms. The van der Waals surface area contributed by atoms with Crippen LogP contribution in [0.3, 0.4) is 0 Å². The molecule has 0 aliphatic carbocycles. The van der Waals surface area contributed by atoms with Gasteiger partial charge in [0.25, 0.3) is 11.7 Å². The van der Waals surface area contributed by atoms with Gasteiger partial charge in [-0.05, 0) is 54.4 Å². The lowest BCUT2D eigenvalue weighted by molar-refractivity contribution is -0.132. The second-order valence-electron chi connectivity index (χ2n) is 7.47. The monoisotopic (exact) mass is 485 g/mol. The first-order chi connectivity index (χ1) is 15.7. The number of nitrogens with zero attached hydrogens (tertiary/aromatic N) is 1. The second-order valence-corrected chi connectivity index (χ2v) is 8.31. The maximum Gasteiger partial charge on any atom is 0.300 e. The summed E-state index contributed by atoms with van der Waals surface area (Å²) in [5.74, 6) is -2.62. The van der Waals surface area contributed by atoms with Crippen LogP contribution in [0, 0.1) is 12.7 Å². The van der Waals surface area contributed by atoms with Crippen molar-refractivity contribution < 1.29 is 23.8 Å². The fourth-order valence-electron chi connectivity index (χ4n) is 3.98. The number of carbonyl (C=O) groups excluding carboxylic acids is 2. The van der Waals surface area contributed by atoms with Gasteiger partial charge >= 0.3 is 0 Å². The minimum Gasteiger partial charge on any atom is -0.507 e. The fraction of sp³-hybridized carbons (Fsp3) is 0.120. The molecule has 0 saturated carbocycles. The van der Waals surface area contributed by atoms with Crippen molar-refractivity contribution in [3.63, 3.8) is 0 Å². The lowest BCUT2D eigenvalue weighted by Crippen LogP contribution is -2.29. The normalized spacial score (nSPS) is 17.5. The number of hydrogen-bond donors (Lipinski definition) is 1. The van der Waals surface area contributed by atoms with E-state index >= 15 is 0 Å². The van der Waals surface area contributed by atoms with Crippen molar-refractivity contribution in [2.45, 2.75) is 13.0 Å². The van der Waals surface area contributed by atoms with Crippen molar-refractivity contribution in [1.82, 2.24) is 0 Å². The molecule has 0 radical (unpaired) electrons. The molecule has 1 unspecified atom stereocenters. The van der Waals surface area contributed by atoms with Crippen LogP contribution in [0.5, 0.6) is 5.75 Å². The van der Waals surface area contributed by atoms with Crippen molar-refractivity contribution in [2.24, 2.45) is 0 Å². The first-order valence-electron chi connectivity index (χ1n) is 9.90. The molecule has 1 heterocycles. The third kappa shape index (κ3) is 3.96. The Bertz CT molecular complexity index is 1300. The van der Waals surface area contributed by atoms with Crippen molar-refractivity contribution in [1.29, 1.82) is 0 Å². The molecule has 1 amide bonds. The highest BCUT2D eigenvalue weighted by Gasteiger charge is 2.47. The summed E-state index contributed by atoms with van der Waals surface area (Å²) in [4.78, 5) is 27.7. The van der Waals surface area contributed by atoms with Gasteiger partial charge in [-0.1, -0.05) is 47.5 Å². The van der Waals surface area contributed by atoms with Gasteiger partial charge in [0.1, 0.15) is 17.3 Å². The molecule has 5 nitrogen and oxygen atoms in total. The molecule has 1 aliphatic heterocycles. The maximum absolute atomic E-state index is 13.6. The zero-order valence-corrected chi connectivity index (χ0v) is 19.1. The summed E-state index contributed by atoms with van der Waals surface area (Å²) in [6.45, 7) is 1.83. The Morgan fingerprint density at radius 3 is 2.36 bits per heavy atom. The number of amides is 1. The number of aliphatic hydroxyl groups excluding tert-OH is 1. The minimum absolute atomic E-state index is 0.0747. The SMILES string of the molecule is COc1c(Cl)cc(Cl)cc1/C(O)=C1\C(=O)C(=O)N(c2ccc(F)cc2)C1c1ccccc1C. The zero-order valence-electron chi connectivity index (χ0n) is 17.6. The summed E-state index contributed by atoms with van der Waals surface area (Å²) in [6.07, 6.45) is 0. The smallest absolute Gasteiger partial charge is 0.300 e. The number of ether oxygens (including phenoxy) is 1. The highest BCUT2D eigenvalue weighted by atomic mass is 35.5. The van der Waals surface area contributed by atoms with E-state index in [9.17, 15) is 19.1 Å². The summed E-state index contributed by atoms with van der Waals surface area (Å²) in [6, 6.07) is 14.3. The molecule has 0 spiro atoms. The number of halogens is 3. The van der Waals surface area contributed by atoms with Crippen molar-refractivity contribution >= 4 is 46.3 Å². The van der Waals surface area contributed by atoms with E-state index in [4.69, 9.17) is 27.9 Å². The van der Waals surface area contributed by atoms with E-state index in [1.807, 2.05) is 19.1 Å². The Balaban J connectivity index is 2.03. The van der Waals surface area contributed by atoms with Crippen LogP contribution >= 0.6 is 23.2 Å². The van der Waals surface area contributed by atoms with E-state index in [0.717, 1.165) is 5.56 Å². The van der Waals surface area contributed by atoms with Gasteiger partial charge in [0, 0.05) is 10.7 Å². The van der Waals surface area contributed by atoms with Gasteiger partial charge in [0.15, 0.2) is 0 Å². The number of rotatable bonds is 4. The molecule has 1 aliphatic rings. The lowest BCUT2D eigenvalue weighted by atomic mass is 9.92. The molecule has 1 saturated heterocycles. The average Bonchev–Trinajstić information content (AvgIpc) is 3.04. The van der Waals surface area contributed by atoms with Crippen LogP contribution in [-0.4, -0.2) is 23.9 Å². The first-order valence-corrected chi connectivity index (χ1v) is 10.7. The van der Waals surface area contributed by atoms with Gasteiger partial charge < -0.3 is 9.84 Å². The van der Waals surface area contributed by atoms with Crippen LogP contribution in [0.2, 0.25) is 10.0 Å². The number of benzene rings is 3. The standard InChI is InChI=1S/C25H18Cl2FNO4/c1-13-5-3-4-6-17(13)21-20(22(30)18-11-14(26)12-19(27)24(18)33-2)23(31)25(32)29(21)16-9-7-15(28)8-10-16/h3-12,21,30H,1-2H3/b22-20+. The Morgan fingerprint density at radius 2 is 1.73 bits per heavy atom. The number of aliphatic hydroxyl groups is 1. The highest BCUT2D eigenvalue weighted by molar-refractivity contribution is 6.52. The minimum atomic E-state index is -0.973. The van der Waals surface area contributed by atoms with E-state index in [1.54, 1.807) is 12.1 Å². The van der Waals surface area contributed by atoms with Crippen LogP contribution in [0.15, 0.2) is 66.2 Å². The van der Waals surface area contributed by atoms with Crippen molar-refractivity contribution in [3.8, 4) is 5.75 Å². The molecule has 168 valence electrons. The highest BCUT2D eigenvalue weighted by Crippen LogP contribution is 2.45. The summed E-state index contributed by atoms with van der Waals surface area (Å²) < 4.78 is 18.9. The largest absolute Gasteiger partial charge is 0.507 e. The molecular weight excluding hydrogens is 468 g/mol. The van der Waals surface area contributed by atoms with Crippen molar-refractivity contribution in [3.05, 3.63) is 98.8 Å². The van der Waals surface area contributed by atoms with Crippen LogP contribution in [-0.2, 0) is 9.59 Å². The molecule has 0 aromatic heterocycles. The second kappa shape index (κ2) is 8.89. The summed E-state index contributed by atoms with van der Waals surface area (Å²) in [5, 5.41) is 11.7. The molecule has 3 aromatic rings. The maximum atomic E-state index is 13.6.